The van der Waals surface area contributed by atoms with E-state index in [1.54, 1.807) is 12.3 Å². The van der Waals surface area contributed by atoms with Gasteiger partial charge in [0.2, 0.25) is 0 Å². The van der Waals surface area contributed by atoms with E-state index in [4.69, 9.17) is 0 Å². The van der Waals surface area contributed by atoms with Gasteiger partial charge in [0.25, 0.3) is 0 Å². The van der Waals surface area contributed by atoms with Crippen LogP contribution in [0.1, 0.15) is 5.56 Å². The van der Waals surface area contributed by atoms with Crippen molar-refractivity contribution >= 4 is 27.6 Å². The summed E-state index contributed by atoms with van der Waals surface area (Å²) < 4.78 is 54.3. The fraction of sp³-hybridized carbons (Fsp3) is 0.0455. The third-order valence-electron chi connectivity index (χ3n) is 4.43. The molecular weight excluding hydrogens is 397 g/mol. The third kappa shape index (κ3) is 4.00. The summed E-state index contributed by atoms with van der Waals surface area (Å²) in [4.78, 5) is 4.43. The van der Waals surface area contributed by atoms with Gasteiger partial charge in [-0.2, -0.15) is 13.2 Å². The number of fused-ring (bicyclic) bond motifs is 1. The summed E-state index contributed by atoms with van der Waals surface area (Å²) in [5.74, 6) is 0. The summed E-state index contributed by atoms with van der Waals surface area (Å²) in [6.07, 6.45) is -2.87. The molecule has 0 aliphatic carbocycles. The lowest BCUT2D eigenvalue weighted by Crippen LogP contribution is -2.09. The van der Waals surface area contributed by atoms with Gasteiger partial charge in [-0.25, -0.2) is 4.21 Å². The molecule has 1 aromatic heterocycles. The molecule has 4 aromatic rings. The topological polar surface area (TPSA) is 42.0 Å². The van der Waals surface area contributed by atoms with E-state index in [1.165, 1.54) is 12.1 Å². The number of pyridine rings is 1. The molecule has 1 atom stereocenters. The molecule has 7 heteroatoms. The molecule has 0 radical (unpaired) electrons. The van der Waals surface area contributed by atoms with Crippen molar-refractivity contribution < 1.29 is 17.4 Å². The average Bonchev–Trinajstić information content (AvgIpc) is 2.74. The molecule has 3 nitrogen and oxygen atoms in total. The van der Waals surface area contributed by atoms with Crippen molar-refractivity contribution in [2.45, 2.75) is 11.1 Å². The molecule has 1 heterocycles. The molecule has 0 bridgehead atoms. The monoisotopic (exact) mass is 412 g/mol. The molecule has 0 fully saturated rings. The van der Waals surface area contributed by atoms with Crippen molar-refractivity contribution in [3.05, 3.63) is 90.6 Å². The smallest absolute Gasteiger partial charge is 0.299 e. The van der Waals surface area contributed by atoms with Gasteiger partial charge < -0.3 is 0 Å². The molecule has 1 N–H and O–H groups in total. The number of rotatable bonds is 4. The number of hydrogen-bond acceptors (Lipinski definition) is 2. The molecular formula is C22H15F3N2OS. The first kappa shape index (κ1) is 19.1. The van der Waals surface area contributed by atoms with Gasteiger partial charge in [-0.05, 0) is 41.5 Å². The largest absolute Gasteiger partial charge is 0.416 e. The van der Waals surface area contributed by atoms with Gasteiger partial charge in [0.15, 0.2) is 0 Å². The Balaban J connectivity index is 1.72. The summed E-state index contributed by atoms with van der Waals surface area (Å²) >= 11 is 0. The molecule has 4 rings (SSSR count). The maximum atomic E-state index is 12.9. The quantitative estimate of drug-likeness (QED) is 0.443. The zero-order valence-electron chi connectivity index (χ0n) is 15.0. The first-order valence-corrected chi connectivity index (χ1v) is 9.87. The lowest BCUT2D eigenvalue weighted by molar-refractivity contribution is -0.137. The molecule has 1 unspecified atom stereocenters. The predicted octanol–water partition coefficient (Wildman–Crippen LogP) is 6.06. The normalized spacial score (nSPS) is 12.7. The highest BCUT2D eigenvalue weighted by atomic mass is 32.2. The first-order chi connectivity index (χ1) is 13.9. The van der Waals surface area contributed by atoms with Gasteiger partial charge in [0.1, 0.15) is 11.0 Å². The number of hydrogen-bond donors (Lipinski definition) is 1. The van der Waals surface area contributed by atoms with Crippen LogP contribution in [-0.4, -0.2) is 9.19 Å². The molecule has 0 spiro atoms. The van der Waals surface area contributed by atoms with Gasteiger partial charge in [-0.15, -0.1) is 0 Å². The average molecular weight is 412 g/mol. The van der Waals surface area contributed by atoms with Crippen LogP contribution in [0.2, 0.25) is 0 Å². The minimum absolute atomic E-state index is 0.0380. The minimum Gasteiger partial charge on any atom is -0.299 e. The van der Waals surface area contributed by atoms with E-state index < -0.39 is 22.7 Å². The molecule has 0 amide bonds. The highest BCUT2D eigenvalue weighted by Crippen LogP contribution is 2.33. The number of nitrogens with one attached hydrogen (secondary N) is 1. The van der Waals surface area contributed by atoms with Crippen molar-refractivity contribution in [3.63, 3.8) is 0 Å². The van der Waals surface area contributed by atoms with Crippen molar-refractivity contribution in [1.29, 1.82) is 0 Å². The highest BCUT2D eigenvalue weighted by Gasteiger charge is 2.30. The lowest BCUT2D eigenvalue weighted by Gasteiger charge is -2.13. The maximum absolute atomic E-state index is 12.9. The Morgan fingerprint density at radius 3 is 2.41 bits per heavy atom. The molecule has 0 aliphatic rings. The van der Waals surface area contributed by atoms with Crippen LogP contribution in [0.3, 0.4) is 0 Å². The van der Waals surface area contributed by atoms with Gasteiger partial charge in [-0.3, -0.25) is 9.71 Å². The van der Waals surface area contributed by atoms with Gasteiger partial charge >= 0.3 is 6.18 Å². The van der Waals surface area contributed by atoms with E-state index in [0.29, 0.717) is 11.2 Å². The molecule has 0 saturated heterocycles. The van der Waals surface area contributed by atoms with Crippen molar-refractivity contribution in [3.8, 4) is 11.1 Å². The van der Waals surface area contributed by atoms with Crippen LogP contribution in [-0.2, 0) is 17.2 Å². The highest BCUT2D eigenvalue weighted by molar-refractivity contribution is 7.86. The summed E-state index contributed by atoms with van der Waals surface area (Å²) in [5, 5.41) is 0.852. The van der Waals surface area contributed by atoms with Crippen LogP contribution in [0.4, 0.5) is 18.9 Å². The number of anilines is 1. The molecule has 146 valence electrons. The van der Waals surface area contributed by atoms with Crippen molar-refractivity contribution in [1.82, 2.24) is 4.98 Å². The van der Waals surface area contributed by atoms with Gasteiger partial charge in [-0.1, -0.05) is 48.5 Å². The summed E-state index contributed by atoms with van der Waals surface area (Å²) in [6.45, 7) is 0. The fourth-order valence-electron chi connectivity index (χ4n) is 3.07. The van der Waals surface area contributed by atoms with E-state index in [2.05, 4.69) is 9.71 Å². The molecule has 29 heavy (non-hydrogen) atoms. The molecule has 0 saturated carbocycles. The Morgan fingerprint density at radius 1 is 0.862 bits per heavy atom. The Bertz CT molecular complexity index is 1190. The third-order valence-corrected chi connectivity index (χ3v) is 5.52. The van der Waals surface area contributed by atoms with E-state index in [0.717, 1.165) is 28.6 Å². The van der Waals surface area contributed by atoms with Gasteiger partial charge in [0, 0.05) is 11.6 Å². The van der Waals surface area contributed by atoms with Gasteiger partial charge in [0.05, 0.1) is 21.7 Å². The second-order valence-corrected chi connectivity index (χ2v) is 7.54. The second-order valence-electron chi connectivity index (χ2n) is 6.32. The van der Waals surface area contributed by atoms with Crippen LogP contribution >= 0.6 is 0 Å². The summed E-state index contributed by atoms with van der Waals surface area (Å²) in [6, 6.07) is 21.6. The predicted molar refractivity (Wildman–Crippen MR) is 109 cm³/mol. The van der Waals surface area contributed by atoms with Crippen molar-refractivity contribution in [2.24, 2.45) is 0 Å². The number of halogens is 3. The van der Waals surface area contributed by atoms with E-state index in [-0.39, 0.29) is 4.90 Å². The van der Waals surface area contributed by atoms with E-state index in [9.17, 15) is 17.4 Å². The first-order valence-electron chi connectivity index (χ1n) is 8.72. The fourth-order valence-corrected chi connectivity index (χ4v) is 3.99. The molecule has 3 aromatic carbocycles. The van der Waals surface area contributed by atoms with E-state index >= 15 is 0 Å². The van der Waals surface area contributed by atoms with Crippen LogP contribution < -0.4 is 4.72 Å². The van der Waals surface area contributed by atoms with Crippen LogP contribution in [0.15, 0.2) is 90.0 Å². The van der Waals surface area contributed by atoms with E-state index in [1.807, 2.05) is 48.5 Å². The summed E-state index contributed by atoms with van der Waals surface area (Å²) in [5.41, 5.74) is 2.21. The number of aromatic nitrogens is 1. The zero-order chi connectivity index (χ0) is 20.4. The standard InChI is InChI=1S/C22H15F3N2OS/c23-22(24,25)16-8-4-9-17(14-16)29(28)27-20-12-11-18(15-6-2-1-3-7-15)19-10-5-13-26-21(19)20/h1-14,27H. The number of benzene rings is 3. The minimum atomic E-state index is -4.49. The van der Waals surface area contributed by atoms with Crippen LogP contribution in [0.25, 0.3) is 22.0 Å². The Hall–Kier alpha value is -3.19. The zero-order valence-corrected chi connectivity index (χ0v) is 15.8. The summed E-state index contributed by atoms with van der Waals surface area (Å²) in [7, 11) is -1.88. The second kappa shape index (κ2) is 7.67. The Kier molecular flexibility index (Phi) is 5.07. The van der Waals surface area contributed by atoms with Crippen LogP contribution in [0.5, 0.6) is 0 Å². The van der Waals surface area contributed by atoms with Crippen molar-refractivity contribution in [2.75, 3.05) is 4.72 Å². The SMILES string of the molecule is O=S(Nc1ccc(-c2ccccc2)c2cccnc12)c1cccc(C(F)(F)F)c1. The molecule has 0 aliphatic heterocycles. The number of alkyl halides is 3. The maximum Gasteiger partial charge on any atom is 0.416 e. The number of nitrogens with zero attached hydrogens (tertiary/aromatic N) is 1. The Morgan fingerprint density at radius 2 is 1.66 bits per heavy atom. The Labute approximate surface area is 167 Å². The van der Waals surface area contributed by atoms with Crippen LogP contribution in [0, 0.1) is 0 Å². The lowest BCUT2D eigenvalue weighted by atomic mass is 10.00.